The number of fused-ring (bicyclic) bond motifs is 1. The van der Waals surface area contributed by atoms with Gasteiger partial charge in [-0.3, -0.25) is 5.41 Å². The summed E-state index contributed by atoms with van der Waals surface area (Å²) in [6, 6.07) is 21.2. The molecule has 4 rings (SSSR count). The van der Waals surface area contributed by atoms with E-state index in [0.717, 1.165) is 43.0 Å². The largest absolute Gasteiger partial charge is 0.573 e. The summed E-state index contributed by atoms with van der Waals surface area (Å²) >= 11 is 0. The van der Waals surface area contributed by atoms with Crippen LogP contribution in [0.3, 0.4) is 0 Å². The zero-order valence-corrected chi connectivity index (χ0v) is 22.7. The van der Waals surface area contributed by atoms with Crippen LogP contribution in [-0.4, -0.2) is 37.2 Å². The van der Waals surface area contributed by atoms with Crippen molar-refractivity contribution < 1.29 is 44.5 Å². The van der Waals surface area contributed by atoms with Crippen molar-refractivity contribution in [3.05, 3.63) is 101 Å². The topological polar surface area (TPSA) is 89.6 Å². The Morgan fingerprint density at radius 3 is 2.15 bits per heavy atom. The number of aliphatic hydroxyl groups is 1. The van der Waals surface area contributed by atoms with Crippen molar-refractivity contribution >= 4 is 17.8 Å². The second kappa shape index (κ2) is 13.3. The fourth-order valence-corrected chi connectivity index (χ4v) is 4.58. The molecule has 1 aliphatic heterocycles. The van der Waals surface area contributed by atoms with E-state index in [1.54, 1.807) is 7.11 Å². The van der Waals surface area contributed by atoms with Crippen LogP contribution in [-0.2, 0) is 28.6 Å². The Balaban J connectivity index is 0.000000306. The third-order valence-corrected chi connectivity index (χ3v) is 6.26. The number of rotatable bonds is 7. The van der Waals surface area contributed by atoms with E-state index in [4.69, 9.17) is 20.7 Å². The number of alkyl halides is 3. The van der Waals surface area contributed by atoms with Crippen LogP contribution in [0.4, 0.5) is 18.9 Å². The van der Waals surface area contributed by atoms with Crippen LogP contribution in [0.1, 0.15) is 30.5 Å². The first-order valence-electron chi connectivity index (χ1n) is 11.9. The van der Waals surface area contributed by atoms with Gasteiger partial charge in [-0.15, -0.1) is 13.2 Å². The third kappa shape index (κ3) is 7.64. The second-order valence-electron chi connectivity index (χ2n) is 8.76. The van der Waals surface area contributed by atoms with Crippen molar-refractivity contribution in [1.82, 2.24) is 0 Å². The Bertz CT molecular complexity index is 1300. The zero-order valence-electron chi connectivity index (χ0n) is 21.7. The summed E-state index contributed by atoms with van der Waals surface area (Å²) in [7, 11) is 1.71. The molecular weight excluding hydrogens is 554 g/mol. The van der Waals surface area contributed by atoms with E-state index in [-0.39, 0.29) is 33.5 Å². The number of benzene rings is 3. The monoisotopic (exact) mass is 584 g/mol. The van der Waals surface area contributed by atoms with Gasteiger partial charge in [-0.25, -0.2) is 0 Å². The van der Waals surface area contributed by atoms with Gasteiger partial charge in [0.2, 0.25) is 5.90 Å². The number of likely N-dealkylation sites (N-methyl/N-ethyl adjacent to an activating group) is 1. The van der Waals surface area contributed by atoms with Gasteiger partial charge >= 0.3 is 6.36 Å². The minimum atomic E-state index is -4.73. The summed E-state index contributed by atoms with van der Waals surface area (Å²) in [4.78, 5) is 2.31. The maximum Gasteiger partial charge on any atom is 0.573 e. The van der Waals surface area contributed by atoms with E-state index in [9.17, 15) is 13.2 Å². The fourth-order valence-electron chi connectivity index (χ4n) is 4.58. The van der Waals surface area contributed by atoms with Crippen molar-refractivity contribution in [3.63, 3.8) is 0 Å². The molecular formula is C29H30CoF3N3O3. The minimum absolute atomic E-state index is 0. The molecule has 0 aromatic heterocycles. The Kier molecular flexibility index (Phi) is 10.8. The van der Waals surface area contributed by atoms with Crippen LogP contribution in [0, 0.1) is 10.8 Å². The van der Waals surface area contributed by atoms with Crippen LogP contribution < -0.4 is 14.4 Å². The van der Waals surface area contributed by atoms with Crippen molar-refractivity contribution in [2.45, 2.75) is 32.0 Å². The predicted molar refractivity (Wildman–Crippen MR) is 143 cm³/mol. The second-order valence-corrected chi connectivity index (χ2v) is 8.76. The number of hydrogen-bond acceptors (Lipinski definition) is 5. The first-order chi connectivity index (χ1) is 18.0. The maximum absolute atomic E-state index is 11.7. The number of allylic oxidation sites excluding steroid dienone is 2. The smallest absolute Gasteiger partial charge is 0.497 e. The normalized spacial score (nSPS) is 16.9. The molecule has 3 aromatic rings. The van der Waals surface area contributed by atoms with Crippen molar-refractivity contribution in [3.8, 4) is 11.5 Å². The SMILES string of the molecule is CCN1/C(=C\C=N)C(C)(Cc2ccccc2)c2cc(OC)ccc21.N=C(O)c1ccc(OC(F)(F)F)cc1.[Co]. The summed E-state index contributed by atoms with van der Waals surface area (Å²) < 4.78 is 44.1. The number of aliphatic hydroxyl groups excluding tert-OH is 1. The fraction of sp³-hybridized carbons (Fsp3) is 0.241. The van der Waals surface area contributed by atoms with E-state index in [1.807, 2.05) is 18.2 Å². The number of anilines is 1. The van der Waals surface area contributed by atoms with Gasteiger partial charge in [0.05, 0.1) is 7.11 Å². The summed E-state index contributed by atoms with van der Waals surface area (Å²) in [6.07, 6.45) is -0.512. The zero-order chi connectivity index (χ0) is 27.9. The average molecular weight is 585 g/mol. The van der Waals surface area contributed by atoms with Gasteiger partial charge in [0.15, 0.2) is 0 Å². The molecule has 0 bridgehead atoms. The van der Waals surface area contributed by atoms with Crippen LogP contribution in [0.15, 0.2) is 84.6 Å². The van der Waals surface area contributed by atoms with Crippen LogP contribution in [0.2, 0.25) is 0 Å². The quantitative estimate of drug-likeness (QED) is 0.205. The molecule has 1 heterocycles. The van der Waals surface area contributed by atoms with E-state index >= 15 is 0 Å². The molecule has 1 aliphatic rings. The van der Waals surface area contributed by atoms with E-state index in [1.165, 1.54) is 28.7 Å². The summed E-state index contributed by atoms with van der Waals surface area (Å²) in [6.45, 7) is 5.30. The third-order valence-electron chi connectivity index (χ3n) is 6.26. The molecule has 3 aromatic carbocycles. The number of ether oxygens (including phenoxy) is 2. The Hall–Kier alpha value is -3.76. The molecule has 0 aliphatic carbocycles. The molecule has 209 valence electrons. The molecule has 0 saturated carbocycles. The van der Waals surface area contributed by atoms with Crippen molar-refractivity contribution in [1.29, 1.82) is 10.8 Å². The minimum Gasteiger partial charge on any atom is -0.497 e. The van der Waals surface area contributed by atoms with Gasteiger partial charge in [-0.1, -0.05) is 30.3 Å². The molecule has 0 amide bonds. The van der Waals surface area contributed by atoms with Gasteiger partial charge in [-0.2, -0.15) is 0 Å². The number of nitrogens with zero attached hydrogens (tertiary/aromatic N) is 1. The standard InChI is InChI=1S/C21H24N2O.C8H6F3NO2.Co/c1-4-23-19-11-10-17(24-3)14-18(19)21(2,20(23)12-13-22)15-16-8-6-5-7-9-16;9-8(10,11)14-6-3-1-5(2-4-6)7(12)13;/h5-14,22H,4,15H2,1-3H3;1-4H,(H2,12,13);/b20-12-,22-13?;;. The van der Waals surface area contributed by atoms with Crippen LogP contribution in [0.5, 0.6) is 11.5 Å². The van der Waals surface area contributed by atoms with Crippen LogP contribution in [0.25, 0.3) is 0 Å². The molecule has 10 heteroatoms. The van der Waals surface area contributed by atoms with Gasteiger partial charge in [0.25, 0.3) is 0 Å². The molecule has 6 nitrogen and oxygen atoms in total. The van der Waals surface area contributed by atoms with Gasteiger partial charge in [0, 0.05) is 51.9 Å². The van der Waals surface area contributed by atoms with Crippen molar-refractivity contribution in [2.24, 2.45) is 0 Å². The molecule has 1 radical (unpaired) electrons. The number of methoxy groups -OCH3 is 1. The predicted octanol–water partition coefficient (Wildman–Crippen LogP) is 7.04. The molecule has 0 saturated heterocycles. The first kappa shape index (κ1) is 31.5. The Labute approximate surface area is 236 Å². The summed E-state index contributed by atoms with van der Waals surface area (Å²) in [5, 5.41) is 23.1. The molecule has 0 spiro atoms. The average Bonchev–Trinajstić information content (AvgIpc) is 3.11. The Morgan fingerprint density at radius 2 is 1.64 bits per heavy atom. The van der Waals surface area contributed by atoms with Gasteiger partial charge in [-0.05, 0) is 79.9 Å². The van der Waals surface area contributed by atoms with Gasteiger partial charge in [0.1, 0.15) is 11.5 Å². The van der Waals surface area contributed by atoms with Gasteiger partial charge < -0.3 is 24.9 Å². The number of nitrogens with one attached hydrogen (secondary N) is 2. The summed E-state index contributed by atoms with van der Waals surface area (Å²) in [5.41, 5.74) is 4.89. The maximum atomic E-state index is 11.7. The number of halogens is 3. The molecule has 3 N–H and O–H groups in total. The number of hydrogen-bond donors (Lipinski definition) is 3. The van der Waals surface area contributed by atoms with E-state index < -0.39 is 12.3 Å². The summed E-state index contributed by atoms with van der Waals surface area (Å²) in [5.74, 6) is -0.216. The Morgan fingerprint density at radius 1 is 1.03 bits per heavy atom. The molecule has 1 atom stereocenters. The first-order valence-corrected chi connectivity index (χ1v) is 11.9. The van der Waals surface area contributed by atoms with E-state index in [2.05, 4.69) is 59.9 Å². The molecule has 1 unspecified atom stereocenters. The van der Waals surface area contributed by atoms with Crippen LogP contribution >= 0.6 is 0 Å². The van der Waals surface area contributed by atoms with E-state index in [0.29, 0.717) is 0 Å². The molecule has 39 heavy (non-hydrogen) atoms. The van der Waals surface area contributed by atoms with Crippen molar-refractivity contribution in [2.75, 3.05) is 18.6 Å². The molecule has 0 fully saturated rings.